The fraction of sp³-hybridized carbons (Fsp3) is 0.111. The topological polar surface area (TPSA) is 0 Å². The first-order valence-corrected chi connectivity index (χ1v) is 4.13. The molecule has 56 valence electrons. The molecule has 0 aliphatic carbocycles. The first kappa shape index (κ1) is 8.16. The summed E-state index contributed by atoms with van der Waals surface area (Å²) < 4.78 is 12.4. The van der Waals surface area contributed by atoms with E-state index in [2.05, 4.69) is 5.92 Å². The molecule has 0 heterocycles. The standard InChI is InChI=1S/C9H7FS/c1-2-7-11-9-5-3-8(10)4-6-9/h1,3-6H,7H2. The van der Waals surface area contributed by atoms with Crippen LogP contribution in [0.2, 0.25) is 0 Å². The Morgan fingerprint density at radius 1 is 1.36 bits per heavy atom. The van der Waals surface area contributed by atoms with Gasteiger partial charge in [-0.05, 0) is 24.3 Å². The molecule has 1 aromatic carbocycles. The molecule has 11 heavy (non-hydrogen) atoms. The molecule has 0 spiro atoms. The van der Waals surface area contributed by atoms with Crippen molar-refractivity contribution >= 4 is 11.8 Å². The van der Waals surface area contributed by atoms with Crippen molar-refractivity contribution in [3.63, 3.8) is 0 Å². The molecule has 0 unspecified atom stereocenters. The Balaban J connectivity index is 2.60. The van der Waals surface area contributed by atoms with Gasteiger partial charge >= 0.3 is 0 Å². The Bertz CT molecular complexity index is 258. The largest absolute Gasteiger partial charge is 0.207 e. The summed E-state index contributed by atoms with van der Waals surface area (Å²) in [4.78, 5) is 1.00. The van der Waals surface area contributed by atoms with Crippen LogP contribution in [0, 0.1) is 18.2 Å². The lowest BCUT2D eigenvalue weighted by atomic mass is 10.4. The molecule has 0 saturated carbocycles. The van der Waals surface area contributed by atoms with Crippen LogP contribution in [0.15, 0.2) is 29.2 Å². The number of rotatable bonds is 2. The van der Waals surface area contributed by atoms with Crippen LogP contribution in [0.4, 0.5) is 4.39 Å². The number of terminal acetylenes is 1. The van der Waals surface area contributed by atoms with Gasteiger partial charge in [0, 0.05) is 4.90 Å². The van der Waals surface area contributed by atoms with E-state index in [4.69, 9.17) is 6.42 Å². The van der Waals surface area contributed by atoms with Gasteiger partial charge in [0.2, 0.25) is 0 Å². The van der Waals surface area contributed by atoms with E-state index in [0.717, 1.165) is 4.90 Å². The number of benzene rings is 1. The molecule has 0 aliphatic heterocycles. The molecule has 0 nitrogen and oxygen atoms in total. The van der Waals surface area contributed by atoms with E-state index in [-0.39, 0.29) is 5.82 Å². The number of halogens is 1. The molecular formula is C9H7FS. The Hall–Kier alpha value is -0.940. The molecule has 0 fully saturated rings. The maximum atomic E-state index is 12.4. The molecule has 1 aromatic rings. The second-order valence-electron chi connectivity index (χ2n) is 1.95. The third-order valence-electron chi connectivity index (χ3n) is 1.14. The van der Waals surface area contributed by atoms with E-state index in [0.29, 0.717) is 5.75 Å². The van der Waals surface area contributed by atoms with Crippen molar-refractivity contribution in [2.45, 2.75) is 4.90 Å². The van der Waals surface area contributed by atoms with Gasteiger partial charge in [-0.25, -0.2) is 4.39 Å². The van der Waals surface area contributed by atoms with Gasteiger partial charge in [0.25, 0.3) is 0 Å². The van der Waals surface area contributed by atoms with Gasteiger partial charge in [0.1, 0.15) is 5.82 Å². The Kier molecular flexibility index (Phi) is 3.00. The lowest BCUT2D eigenvalue weighted by Gasteiger charge is -1.95. The smallest absolute Gasteiger partial charge is 0.123 e. The Labute approximate surface area is 69.8 Å². The summed E-state index contributed by atoms with van der Waals surface area (Å²) in [6.45, 7) is 0. The van der Waals surface area contributed by atoms with E-state index >= 15 is 0 Å². The van der Waals surface area contributed by atoms with Gasteiger partial charge in [-0.15, -0.1) is 18.2 Å². The van der Waals surface area contributed by atoms with Crippen LogP contribution in [0.1, 0.15) is 0 Å². The molecule has 0 atom stereocenters. The quantitative estimate of drug-likeness (QED) is 0.480. The molecule has 0 aliphatic rings. The van der Waals surface area contributed by atoms with Gasteiger partial charge in [0.05, 0.1) is 5.75 Å². The van der Waals surface area contributed by atoms with Crippen LogP contribution in [-0.4, -0.2) is 5.75 Å². The highest BCUT2D eigenvalue weighted by atomic mass is 32.2. The fourth-order valence-corrected chi connectivity index (χ4v) is 1.23. The van der Waals surface area contributed by atoms with E-state index in [9.17, 15) is 4.39 Å². The molecule has 0 amide bonds. The SMILES string of the molecule is C#CCSc1ccc(F)cc1. The average Bonchev–Trinajstić information content (AvgIpc) is 2.04. The molecule has 0 saturated heterocycles. The molecule has 0 N–H and O–H groups in total. The average molecular weight is 166 g/mol. The predicted molar refractivity (Wildman–Crippen MR) is 46.0 cm³/mol. The van der Waals surface area contributed by atoms with Gasteiger partial charge in [-0.3, -0.25) is 0 Å². The number of thioether (sulfide) groups is 1. The Morgan fingerprint density at radius 2 is 2.00 bits per heavy atom. The highest BCUT2D eigenvalue weighted by Gasteiger charge is 1.91. The summed E-state index contributed by atoms with van der Waals surface area (Å²) in [7, 11) is 0. The molecule has 0 radical (unpaired) electrons. The van der Waals surface area contributed by atoms with Crippen molar-refractivity contribution in [1.82, 2.24) is 0 Å². The maximum Gasteiger partial charge on any atom is 0.123 e. The van der Waals surface area contributed by atoms with E-state index in [1.807, 2.05) is 0 Å². The zero-order valence-electron chi connectivity index (χ0n) is 5.88. The second kappa shape index (κ2) is 4.05. The highest BCUT2D eigenvalue weighted by molar-refractivity contribution is 7.99. The van der Waals surface area contributed by atoms with E-state index < -0.39 is 0 Å². The summed E-state index contributed by atoms with van der Waals surface area (Å²) in [6.07, 6.45) is 5.06. The summed E-state index contributed by atoms with van der Waals surface area (Å²) in [5, 5.41) is 0. The van der Waals surface area contributed by atoms with E-state index in [1.165, 1.54) is 23.9 Å². The van der Waals surface area contributed by atoms with Crippen LogP contribution < -0.4 is 0 Å². The van der Waals surface area contributed by atoms with Crippen molar-refractivity contribution in [2.24, 2.45) is 0 Å². The van der Waals surface area contributed by atoms with Crippen molar-refractivity contribution < 1.29 is 4.39 Å². The van der Waals surface area contributed by atoms with Gasteiger partial charge in [-0.2, -0.15) is 0 Å². The summed E-state index contributed by atoms with van der Waals surface area (Å²) in [5.74, 6) is 2.92. The molecule has 2 heteroatoms. The minimum atomic E-state index is -0.213. The lowest BCUT2D eigenvalue weighted by molar-refractivity contribution is 0.626. The normalized spacial score (nSPS) is 9.09. The third kappa shape index (κ3) is 2.65. The fourth-order valence-electron chi connectivity index (χ4n) is 0.656. The monoisotopic (exact) mass is 166 g/mol. The molecule has 0 bridgehead atoms. The minimum Gasteiger partial charge on any atom is -0.207 e. The lowest BCUT2D eigenvalue weighted by Crippen LogP contribution is -1.75. The third-order valence-corrected chi connectivity index (χ3v) is 2.05. The zero-order chi connectivity index (χ0) is 8.10. The van der Waals surface area contributed by atoms with Crippen molar-refractivity contribution in [2.75, 3.05) is 5.75 Å². The Morgan fingerprint density at radius 3 is 2.55 bits per heavy atom. The summed E-state index contributed by atoms with van der Waals surface area (Å²) >= 11 is 1.53. The van der Waals surface area contributed by atoms with Crippen LogP contribution >= 0.6 is 11.8 Å². The summed E-state index contributed by atoms with van der Waals surface area (Å²) in [5.41, 5.74) is 0. The molecule has 1 rings (SSSR count). The van der Waals surface area contributed by atoms with Crippen molar-refractivity contribution in [1.29, 1.82) is 0 Å². The minimum absolute atomic E-state index is 0.213. The van der Waals surface area contributed by atoms with Gasteiger partial charge < -0.3 is 0 Å². The molecule has 0 aromatic heterocycles. The number of hydrogen-bond acceptors (Lipinski definition) is 1. The van der Waals surface area contributed by atoms with Crippen LogP contribution in [0.5, 0.6) is 0 Å². The van der Waals surface area contributed by atoms with Crippen LogP contribution in [0.25, 0.3) is 0 Å². The van der Waals surface area contributed by atoms with Gasteiger partial charge in [-0.1, -0.05) is 5.92 Å². The van der Waals surface area contributed by atoms with Crippen LogP contribution in [0.3, 0.4) is 0 Å². The number of hydrogen-bond donors (Lipinski definition) is 0. The second-order valence-corrected chi connectivity index (χ2v) is 3.00. The van der Waals surface area contributed by atoms with E-state index in [1.54, 1.807) is 12.1 Å². The van der Waals surface area contributed by atoms with Crippen molar-refractivity contribution in [3.05, 3.63) is 30.1 Å². The molecular weight excluding hydrogens is 159 g/mol. The zero-order valence-corrected chi connectivity index (χ0v) is 6.70. The first-order valence-electron chi connectivity index (χ1n) is 3.15. The maximum absolute atomic E-state index is 12.4. The van der Waals surface area contributed by atoms with Crippen molar-refractivity contribution in [3.8, 4) is 12.3 Å². The predicted octanol–water partition coefficient (Wildman–Crippen LogP) is 2.55. The first-order chi connectivity index (χ1) is 5.33. The highest BCUT2D eigenvalue weighted by Crippen LogP contribution is 2.16. The van der Waals surface area contributed by atoms with Gasteiger partial charge in [0.15, 0.2) is 0 Å². The van der Waals surface area contributed by atoms with Crippen LogP contribution in [-0.2, 0) is 0 Å². The summed E-state index contributed by atoms with van der Waals surface area (Å²) in [6, 6.07) is 6.30.